The quantitative estimate of drug-likeness (QED) is 0.755. The average molecular weight is 326 g/mol. The number of rotatable bonds is 2. The number of benzene rings is 1. The summed E-state index contributed by atoms with van der Waals surface area (Å²) in [6.45, 7) is 3.51. The maximum atomic E-state index is 5.22. The molecule has 0 heterocycles. The second-order valence-corrected chi connectivity index (χ2v) is 4.03. The maximum Gasteiger partial charge on any atom is 0.134 e. The number of halogens is 2. The third-order valence-electron chi connectivity index (χ3n) is 1.14. The van der Waals surface area contributed by atoms with Crippen LogP contribution >= 0.6 is 38.5 Å². The molecule has 1 aromatic rings. The van der Waals surface area contributed by atoms with E-state index >= 15 is 0 Å². The minimum absolute atomic E-state index is 0.855. The third kappa shape index (κ3) is 2.63. The molecule has 1 rings (SSSR count). The number of hydrogen-bond acceptors (Lipinski definition) is 1. The van der Waals surface area contributed by atoms with Gasteiger partial charge in [0, 0.05) is 3.57 Å². The summed E-state index contributed by atoms with van der Waals surface area (Å²) in [5.41, 5.74) is 0. The van der Waals surface area contributed by atoms with Crippen LogP contribution in [0.25, 0.3) is 0 Å². The van der Waals surface area contributed by atoms with Crippen molar-refractivity contribution in [1.29, 1.82) is 0 Å². The van der Waals surface area contributed by atoms with Crippen LogP contribution in [0.3, 0.4) is 0 Å². The van der Waals surface area contributed by atoms with E-state index in [9.17, 15) is 0 Å². The van der Waals surface area contributed by atoms with Crippen molar-refractivity contribution in [1.82, 2.24) is 0 Å². The minimum atomic E-state index is 0.855. The van der Waals surface area contributed by atoms with Gasteiger partial charge in [-0.2, -0.15) is 0 Å². The molecule has 0 aliphatic heterocycles. The molecule has 11 heavy (non-hydrogen) atoms. The van der Waals surface area contributed by atoms with Crippen molar-refractivity contribution in [2.24, 2.45) is 0 Å². The summed E-state index contributed by atoms with van der Waals surface area (Å²) in [6.07, 6.45) is 0. The predicted molar refractivity (Wildman–Crippen MR) is 57.5 cm³/mol. The minimum Gasteiger partial charge on any atom is -0.486 e. The molecule has 1 aromatic carbocycles. The fourth-order valence-corrected chi connectivity index (χ4v) is 2.09. The highest BCUT2D eigenvalue weighted by Gasteiger charge is 1.99. The van der Waals surface area contributed by atoms with E-state index in [1.165, 1.54) is 3.57 Å². The first-order valence-corrected chi connectivity index (χ1v) is 5.00. The Morgan fingerprint density at radius 1 is 1.55 bits per heavy atom. The van der Waals surface area contributed by atoms with Gasteiger partial charge >= 0.3 is 0 Å². The Bertz CT molecular complexity index is 250. The van der Waals surface area contributed by atoms with Gasteiger partial charge in [-0.05, 0) is 63.6 Å². The zero-order chi connectivity index (χ0) is 8.27. The molecule has 0 amide bonds. The van der Waals surface area contributed by atoms with Gasteiger partial charge in [-0.3, -0.25) is 0 Å². The molecule has 0 saturated carbocycles. The highest BCUT2D eigenvalue weighted by Crippen LogP contribution is 2.26. The summed E-state index contributed by atoms with van der Waals surface area (Å²) in [5, 5.41) is 0. The van der Waals surface area contributed by atoms with Gasteiger partial charge in [-0.1, -0.05) is 0 Å². The van der Waals surface area contributed by atoms with Crippen molar-refractivity contribution in [2.45, 2.75) is 6.92 Å². The normalized spacial score (nSPS) is 9.73. The SMILES string of the molecule is C[CH]Oc1ccc(I)cc1Br. The van der Waals surface area contributed by atoms with Gasteiger partial charge in [0.25, 0.3) is 0 Å². The van der Waals surface area contributed by atoms with Gasteiger partial charge in [-0.25, -0.2) is 0 Å². The van der Waals surface area contributed by atoms with Crippen LogP contribution < -0.4 is 4.74 Å². The topological polar surface area (TPSA) is 9.23 Å². The van der Waals surface area contributed by atoms with Crippen molar-refractivity contribution in [2.75, 3.05) is 0 Å². The molecule has 0 aliphatic rings. The van der Waals surface area contributed by atoms with Gasteiger partial charge in [0.05, 0.1) is 4.47 Å². The molecule has 0 atom stereocenters. The van der Waals surface area contributed by atoms with E-state index in [-0.39, 0.29) is 0 Å². The average Bonchev–Trinajstić information content (AvgIpc) is 1.95. The Labute approximate surface area is 88.4 Å². The lowest BCUT2D eigenvalue weighted by atomic mass is 10.3. The molecule has 1 radical (unpaired) electrons. The molecule has 0 fully saturated rings. The van der Waals surface area contributed by atoms with E-state index in [0.29, 0.717) is 0 Å². The molecular weight excluding hydrogens is 319 g/mol. The highest BCUT2D eigenvalue weighted by atomic mass is 127. The molecule has 0 N–H and O–H groups in total. The Hall–Kier alpha value is 0.230. The fourth-order valence-electron chi connectivity index (χ4n) is 0.698. The first kappa shape index (κ1) is 9.32. The number of ether oxygens (including phenoxy) is 1. The van der Waals surface area contributed by atoms with Crippen LogP contribution in [0.15, 0.2) is 22.7 Å². The monoisotopic (exact) mass is 325 g/mol. The molecule has 0 aromatic heterocycles. The predicted octanol–water partition coefficient (Wildman–Crippen LogP) is 3.61. The first-order valence-electron chi connectivity index (χ1n) is 3.13. The fraction of sp³-hybridized carbons (Fsp3) is 0.125. The summed E-state index contributed by atoms with van der Waals surface area (Å²) < 4.78 is 7.40. The Morgan fingerprint density at radius 2 is 2.27 bits per heavy atom. The summed E-state index contributed by atoms with van der Waals surface area (Å²) in [4.78, 5) is 0. The van der Waals surface area contributed by atoms with E-state index in [4.69, 9.17) is 4.74 Å². The van der Waals surface area contributed by atoms with E-state index in [0.717, 1.165) is 10.2 Å². The van der Waals surface area contributed by atoms with E-state index in [1.807, 2.05) is 25.1 Å². The van der Waals surface area contributed by atoms with Crippen LogP contribution in [0, 0.1) is 10.2 Å². The van der Waals surface area contributed by atoms with Gasteiger partial charge in [-0.15, -0.1) is 0 Å². The molecule has 3 heteroatoms. The van der Waals surface area contributed by atoms with Crippen LogP contribution in [0.2, 0.25) is 0 Å². The van der Waals surface area contributed by atoms with Gasteiger partial charge in [0.1, 0.15) is 12.4 Å². The lowest BCUT2D eigenvalue weighted by Gasteiger charge is -2.04. The van der Waals surface area contributed by atoms with Gasteiger partial charge < -0.3 is 4.74 Å². The van der Waals surface area contributed by atoms with Crippen LogP contribution in [0.1, 0.15) is 6.92 Å². The lowest BCUT2D eigenvalue weighted by molar-refractivity contribution is 0.414. The molecule has 59 valence electrons. The van der Waals surface area contributed by atoms with Crippen LogP contribution in [0.4, 0.5) is 0 Å². The van der Waals surface area contributed by atoms with Crippen LogP contribution in [-0.2, 0) is 0 Å². The summed E-state index contributed by atoms with van der Waals surface area (Å²) >= 11 is 5.65. The lowest BCUT2D eigenvalue weighted by Crippen LogP contribution is -1.86. The Balaban J connectivity index is 2.90. The first-order chi connectivity index (χ1) is 5.24. The van der Waals surface area contributed by atoms with Crippen LogP contribution in [-0.4, -0.2) is 0 Å². The smallest absolute Gasteiger partial charge is 0.134 e. The van der Waals surface area contributed by atoms with Crippen molar-refractivity contribution in [3.8, 4) is 5.75 Å². The zero-order valence-corrected chi connectivity index (χ0v) is 9.72. The van der Waals surface area contributed by atoms with Crippen molar-refractivity contribution < 1.29 is 4.74 Å². The van der Waals surface area contributed by atoms with Gasteiger partial charge in [0.15, 0.2) is 0 Å². The Kier molecular flexibility index (Phi) is 3.65. The van der Waals surface area contributed by atoms with Crippen molar-refractivity contribution >= 4 is 38.5 Å². The maximum absolute atomic E-state index is 5.22. The summed E-state index contributed by atoms with van der Waals surface area (Å²) in [7, 11) is 0. The van der Waals surface area contributed by atoms with Crippen molar-refractivity contribution in [3.05, 3.63) is 32.8 Å². The van der Waals surface area contributed by atoms with E-state index in [2.05, 4.69) is 38.5 Å². The second-order valence-electron chi connectivity index (χ2n) is 1.93. The molecular formula is C8H7BrIO. The Morgan fingerprint density at radius 3 is 2.82 bits per heavy atom. The molecule has 1 nitrogen and oxygen atoms in total. The summed E-state index contributed by atoms with van der Waals surface area (Å²) in [5.74, 6) is 0.855. The van der Waals surface area contributed by atoms with E-state index in [1.54, 1.807) is 6.61 Å². The standard InChI is InChI=1S/C8H7BrIO/c1-2-11-8-4-3-6(10)5-7(8)9/h2-5H,1H3. The molecule has 0 unspecified atom stereocenters. The zero-order valence-electron chi connectivity index (χ0n) is 5.97. The van der Waals surface area contributed by atoms with Crippen molar-refractivity contribution in [3.63, 3.8) is 0 Å². The number of hydrogen-bond donors (Lipinski definition) is 0. The highest BCUT2D eigenvalue weighted by molar-refractivity contribution is 14.1. The molecule has 0 bridgehead atoms. The van der Waals surface area contributed by atoms with Gasteiger partial charge in [0.2, 0.25) is 0 Å². The second kappa shape index (κ2) is 4.30. The third-order valence-corrected chi connectivity index (χ3v) is 2.43. The molecule has 0 aliphatic carbocycles. The largest absolute Gasteiger partial charge is 0.486 e. The molecule has 0 spiro atoms. The molecule has 0 saturated heterocycles. The van der Waals surface area contributed by atoms with E-state index < -0.39 is 0 Å². The summed E-state index contributed by atoms with van der Waals surface area (Å²) in [6, 6.07) is 5.95. The van der Waals surface area contributed by atoms with Crippen LogP contribution in [0.5, 0.6) is 5.75 Å².